The fourth-order valence-corrected chi connectivity index (χ4v) is 2.54. The Morgan fingerprint density at radius 2 is 2.24 bits per heavy atom. The van der Waals surface area contributed by atoms with Crippen LogP contribution in [0.15, 0.2) is 29.2 Å². The summed E-state index contributed by atoms with van der Waals surface area (Å²) in [5, 5.41) is 8.77. The van der Waals surface area contributed by atoms with Crippen LogP contribution in [0.25, 0.3) is 11.1 Å². The molecule has 1 saturated carbocycles. The molecule has 0 aliphatic heterocycles. The average Bonchev–Trinajstić information content (AvgIpc) is 2.89. The molecular formula is C15H17N5O. The van der Waals surface area contributed by atoms with Crippen LogP contribution in [0.1, 0.15) is 31.1 Å². The van der Waals surface area contributed by atoms with Gasteiger partial charge in [0.2, 0.25) is 5.71 Å². The van der Waals surface area contributed by atoms with Gasteiger partial charge < -0.3 is 9.73 Å². The maximum Gasteiger partial charge on any atom is 0.231 e. The van der Waals surface area contributed by atoms with E-state index < -0.39 is 0 Å². The third-order valence-corrected chi connectivity index (χ3v) is 4.09. The van der Waals surface area contributed by atoms with Gasteiger partial charge in [0.25, 0.3) is 0 Å². The highest BCUT2D eigenvalue weighted by Gasteiger charge is 2.38. The molecule has 108 valence electrons. The number of furan rings is 1. The maximum absolute atomic E-state index is 5.79. The van der Waals surface area contributed by atoms with Gasteiger partial charge in [-0.15, -0.1) is 0 Å². The molecule has 1 aliphatic rings. The van der Waals surface area contributed by atoms with Gasteiger partial charge in [0, 0.05) is 23.5 Å². The molecule has 4 rings (SSSR count). The third-order valence-electron chi connectivity index (χ3n) is 4.09. The van der Waals surface area contributed by atoms with Crippen LogP contribution in [0, 0.1) is 6.92 Å². The Hall–Kier alpha value is -2.37. The first-order chi connectivity index (χ1) is 10.1. The fraction of sp³-hybridized carbons (Fsp3) is 0.400. The van der Waals surface area contributed by atoms with Gasteiger partial charge in [0.1, 0.15) is 17.9 Å². The Morgan fingerprint density at radius 1 is 1.38 bits per heavy atom. The van der Waals surface area contributed by atoms with Crippen molar-refractivity contribution in [2.75, 3.05) is 5.32 Å². The van der Waals surface area contributed by atoms with Crippen LogP contribution in [0.5, 0.6) is 0 Å². The number of hydrogen-bond acceptors (Lipinski definition) is 5. The minimum Gasteiger partial charge on any atom is -0.443 e. The normalized spacial score (nSPS) is 16.3. The Labute approximate surface area is 122 Å². The van der Waals surface area contributed by atoms with Crippen molar-refractivity contribution in [1.29, 1.82) is 0 Å². The summed E-state index contributed by atoms with van der Waals surface area (Å²) in [5.74, 6) is 1.73. The molecule has 0 aromatic carbocycles. The largest absolute Gasteiger partial charge is 0.443 e. The molecule has 1 fully saturated rings. The molecule has 6 nitrogen and oxygen atoms in total. The molecule has 0 bridgehead atoms. The molecule has 6 heteroatoms. The zero-order chi connectivity index (χ0) is 14.4. The van der Waals surface area contributed by atoms with E-state index in [1.54, 1.807) is 12.5 Å². The van der Waals surface area contributed by atoms with Crippen LogP contribution in [0.4, 0.5) is 5.82 Å². The number of hydrogen-bond donors (Lipinski definition) is 1. The van der Waals surface area contributed by atoms with E-state index in [9.17, 15) is 0 Å². The van der Waals surface area contributed by atoms with Crippen molar-refractivity contribution in [3.05, 3.63) is 36.1 Å². The molecule has 3 heterocycles. The highest BCUT2D eigenvalue weighted by Crippen LogP contribution is 2.40. The molecule has 3 aromatic rings. The Balaban J connectivity index is 1.82. The molecule has 0 spiro atoms. The van der Waals surface area contributed by atoms with Crippen LogP contribution in [0.3, 0.4) is 0 Å². The molecule has 0 atom stereocenters. The Morgan fingerprint density at radius 3 is 2.95 bits per heavy atom. The van der Waals surface area contributed by atoms with Gasteiger partial charge in [-0.05, 0) is 32.8 Å². The smallest absolute Gasteiger partial charge is 0.231 e. The number of aromatic nitrogens is 4. The number of nitrogens with one attached hydrogen (secondary N) is 1. The van der Waals surface area contributed by atoms with Gasteiger partial charge in [-0.25, -0.2) is 9.97 Å². The van der Waals surface area contributed by atoms with E-state index in [-0.39, 0.29) is 5.54 Å². The monoisotopic (exact) mass is 283 g/mol. The second-order valence-electron chi connectivity index (χ2n) is 5.93. The number of nitrogens with zero attached hydrogens (tertiary/aromatic N) is 4. The second kappa shape index (κ2) is 4.31. The van der Waals surface area contributed by atoms with Crippen LogP contribution in [0.2, 0.25) is 0 Å². The van der Waals surface area contributed by atoms with E-state index in [0.717, 1.165) is 22.5 Å². The summed E-state index contributed by atoms with van der Waals surface area (Å²) in [6.45, 7) is 4.83. The first-order valence-corrected chi connectivity index (χ1v) is 7.13. The van der Waals surface area contributed by atoms with Gasteiger partial charge in [0.05, 0.1) is 11.9 Å². The van der Waals surface area contributed by atoms with Crippen molar-refractivity contribution >= 4 is 16.9 Å². The van der Waals surface area contributed by atoms with Gasteiger partial charge in [-0.3, -0.25) is 4.68 Å². The molecule has 21 heavy (non-hydrogen) atoms. The number of rotatable bonds is 4. The van der Waals surface area contributed by atoms with E-state index in [1.165, 1.54) is 12.8 Å². The minimum atomic E-state index is 0.162. The SMILES string of the molecule is Cc1oc2ncnc(NC3(C)CC3)c2c1Cn1cccn1. The van der Waals surface area contributed by atoms with Crippen LogP contribution >= 0.6 is 0 Å². The topological polar surface area (TPSA) is 68.8 Å². The molecule has 1 N–H and O–H groups in total. The molecule has 0 radical (unpaired) electrons. The number of aryl methyl sites for hydroxylation is 1. The fourth-order valence-electron chi connectivity index (χ4n) is 2.54. The lowest BCUT2D eigenvalue weighted by atomic mass is 10.1. The molecule has 0 unspecified atom stereocenters. The summed E-state index contributed by atoms with van der Waals surface area (Å²) in [4.78, 5) is 8.68. The quantitative estimate of drug-likeness (QED) is 0.797. The zero-order valence-corrected chi connectivity index (χ0v) is 12.1. The lowest BCUT2D eigenvalue weighted by Crippen LogP contribution is -2.17. The van der Waals surface area contributed by atoms with E-state index in [0.29, 0.717) is 12.3 Å². The van der Waals surface area contributed by atoms with Crippen molar-refractivity contribution in [2.45, 2.75) is 38.8 Å². The standard InChI is InChI=1S/C15H17N5O/c1-10-11(8-20-7-3-6-18-20)12-13(19-15(2)4-5-15)16-9-17-14(12)21-10/h3,6-7,9H,4-5,8H2,1-2H3,(H,16,17,19). The lowest BCUT2D eigenvalue weighted by Gasteiger charge is -2.13. The molecular weight excluding hydrogens is 266 g/mol. The summed E-state index contributed by atoms with van der Waals surface area (Å²) in [6, 6.07) is 1.92. The van der Waals surface area contributed by atoms with Crippen LogP contribution in [-0.2, 0) is 6.54 Å². The summed E-state index contributed by atoms with van der Waals surface area (Å²) in [7, 11) is 0. The van der Waals surface area contributed by atoms with Crippen LogP contribution in [-0.4, -0.2) is 25.3 Å². The number of anilines is 1. The van der Waals surface area contributed by atoms with E-state index >= 15 is 0 Å². The summed E-state index contributed by atoms with van der Waals surface area (Å²) in [5.41, 5.74) is 1.88. The van der Waals surface area contributed by atoms with E-state index in [1.807, 2.05) is 23.9 Å². The third kappa shape index (κ3) is 2.16. The predicted octanol–water partition coefficient (Wildman–Crippen LogP) is 2.74. The predicted molar refractivity (Wildman–Crippen MR) is 79.1 cm³/mol. The number of fused-ring (bicyclic) bond motifs is 1. The maximum atomic E-state index is 5.79. The Kier molecular flexibility index (Phi) is 2.54. The van der Waals surface area contributed by atoms with E-state index in [2.05, 4.69) is 27.3 Å². The first kappa shape index (κ1) is 12.4. The van der Waals surface area contributed by atoms with Gasteiger partial charge >= 0.3 is 0 Å². The van der Waals surface area contributed by atoms with Crippen LogP contribution < -0.4 is 5.32 Å². The average molecular weight is 283 g/mol. The van der Waals surface area contributed by atoms with Crippen molar-refractivity contribution in [3.63, 3.8) is 0 Å². The minimum absolute atomic E-state index is 0.162. The summed E-state index contributed by atoms with van der Waals surface area (Å²) < 4.78 is 7.67. The highest BCUT2D eigenvalue weighted by atomic mass is 16.3. The van der Waals surface area contributed by atoms with Crippen molar-refractivity contribution in [1.82, 2.24) is 19.7 Å². The molecule has 1 aliphatic carbocycles. The van der Waals surface area contributed by atoms with Gasteiger partial charge in [-0.2, -0.15) is 5.10 Å². The van der Waals surface area contributed by atoms with Crippen molar-refractivity contribution < 1.29 is 4.42 Å². The van der Waals surface area contributed by atoms with E-state index in [4.69, 9.17) is 4.42 Å². The highest BCUT2D eigenvalue weighted by molar-refractivity contribution is 5.90. The molecule has 3 aromatic heterocycles. The van der Waals surface area contributed by atoms with Crippen molar-refractivity contribution in [3.8, 4) is 0 Å². The van der Waals surface area contributed by atoms with Gasteiger partial charge in [-0.1, -0.05) is 0 Å². The second-order valence-corrected chi connectivity index (χ2v) is 5.93. The lowest BCUT2D eigenvalue weighted by molar-refractivity contribution is 0.554. The van der Waals surface area contributed by atoms with Crippen molar-refractivity contribution in [2.24, 2.45) is 0 Å². The summed E-state index contributed by atoms with van der Waals surface area (Å²) in [6.07, 6.45) is 7.61. The zero-order valence-electron chi connectivity index (χ0n) is 12.1. The van der Waals surface area contributed by atoms with Gasteiger partial charge in [0.15, 0.2) is 0 Å². The summed E-state index contributed by atoms with van der Waals surface area (Å²) >= 11 is 0. The molecule has 0 amide bonds. The molecule has 0 saturated heterocycles. The Bertz CT molecular complexity index is 786. The first-order valence-electron chi connectivity index (χ1n) is 7.13.